The Morgan fingerprint density at radius 1 is 1.25 bits per heavy atom. The van der Waals surface area contributed by atoms with E-state index in [9.17, 15) is 4.79 Å². The van der Waals surface area contributed by atoms with E-state index in [1.165, 1.54) is 0 Å². The second-order valence-electron chi connectivity index (χ2n) is 5.05. The number of rotatable bonds is 8. The Morgan fingerprint density at radius 3 is 2.40 bits per heavy atom. The Morgan fingerprint density at radius 2 is 1.85 bits per heavy atom. The summed E-state index contributed by atoms with van der Waals surface area (Å²) in [6.45, 7) is 12.4. The summed E-state index contributed by atoms with van der Waals surface area (Å²) in [5, 5.41) is 3.55. The van der Waals surface area contributed by atoms with Crippen molar-refractivity contribution in [2.75, 3.05) is 32.8 Å². The number of carbonyl (C=O) groups is 1. The molecule has 1 N–H and O–H groups in total. The molecule has 0 aromatic rings. The van der Waals surface area contributed by atoms with Gasteiger partial charge in [-0.15, -0.1) is 0 Å². The number of nitrogens with zero attached hydrogens (tertiary/aromatic N) is 1. The summed E-state index contributed by atoms with van der Waals surface area (Å²) in [6.07, 6.45) is 5.52. The lowest BCUT2D eigenvalue weighted by molar-refractivity contribution is -0.129. The smallest absolute Gasteiger partial charge is 0.219 e. The summed E-state index contributed by atoms with van der Waals surface area (Å²) in [5.41, 5.74) is 0. The molecule has 0 aliphatic carbocycles. The van der Waals surface area contributed by atoms with E-state index < -0.39 is 0 Å². The minimum absolute atomic E-state index is 0. The first-order valence-corrected chi connectivity index (χ1v) is 8.30. The van der Waals surface area contributed by atoms with Crippen molar-refractivity contribution in [2.45, 2.75) is 65.8 Å². The first-order chi connectivity index (χ1) is 9.74. The fraction of sp³-hybridized carbons (Fsp3) is 0.938. The van der Waals surface area contributed by atoms with E-state index in [4.69, 9.17) is 4.74 Å². The van der Waals surface area contributed by atoms with Crippen LogP contribution in [0.2, 0.25) is 0 Å². The summed E-state index contributed by atoms with van der Waals surface area (Å²) in [5.74, 6) is 0.203. The average Bonchev–Trinajstić information content (AvgIpc) is 2.49. The molecule has 1 rings (SSSR count). The number of nitrogens with one attached hydrogen (secondary N) is 1. The molecule has 0 spiro atoms. The minimum Gasteiger partial charge on any atom is -0.381 e. The number of hydrogen-bond donors (Lipinski definition) is 1. The van der Waals surface area contributed by atoms with Crippen LogP contribution in [0, 0.1) is 0 Å². The molecule has 122 valence electrons. The zero-order valence-corrected chi connectivity index (χ0v) is 13.9. The highest BCUT2D eigenvalue weighted by Crippen LogP contribution is 2.06. The number of hydrogen-bond acceptors (Lipinski definition) is 3. The third-order valence-electron chi connectivity index (χ3n) is 3.49. The molecule has 0 radical (unpaired) electrons. The zero-order valence-electron chi connectivity index (χ0n) is 13.9. The van der Waals surface area contributed by atoms with Gasteiger partial charge in [0.2, 0.25) is 5.91 Å². The van der Waals surface area contributed by atoms with Crippen molar-refractivity contribution in [3.8, 4) is 0 Å². The molecular formula is C16H36N2O2. The molecule has 0 unspecified atom stereocenters. The predicted octanol–water partition coefficient (Wildman–Crippen LogP) is 3.07. The van der Waals surface area contributed by atoms with E-state index in [1.807, 2.05) is 18.7 Å². The largest absolute Gasteiger partial charge is 0.381 e. The van der Waals surface area contributed by atoms with Crippen molar-refractivity contribution in [1.29, 1.82) is 0 Å². The average molecular weight is 288 g/mol. The Labute approximate surface area is 126 Å². The molecule has 4 nitrogen and oxygen atoms in total. The van der Waals surface area contributed by atoms with E-state index in [0.717, 1.165) is 65.0 Å². The quantitative estimate of drug-likeness (QED) is 0.698. The van der Waals surface area contributed by atoms with Gasteiger partial charge in [-0.3, -0.25) is 4.79 Å². The predicted molar refractivity (Wildman–Crippen MR) is 87.1 cm³/mol. The van der Waals surface area contributed by atoms with Gasteiger partial charge < -0.3 is 15.0 Å². The summed E-state index contributed by atoms with van der Waals surface area (Å²) in [6, 6.07) is 0.611. The molecule has 20 heavy (non-hydrogen) atoms. The highest BCUT2D eigenvalue weighted by Gasteiger charge is 2.13. The van der Waals surface area contributed by atoms with Gasteiger partial charge in [0.15, 0.2) is 0 Å². The van der Waals surface area contributed by atoms with Crippen LogP contribution in [0.15, 0.2) is 0 Å². The summed E-state index contributed by atoms with van der Waals surface area (Å²) in [4.78, 5) is 13.4. The summed E-state index contributed by atoms with van der Waals surface area (Å²) >= 11 is 0. The third-order valence-corrected chi connectivity index (χ3v) is 3.49. The van der Waals surface area contributed by atoms with Gasteiger partial charge in [-0.1, -0.05) is 27.2 Å². The molecular weight excluding hydrogens is 252 g/mol. The standard InChI is InChI=1S/C14H28N2O2.C2H6.H2/c1-3-4-9-16(13(2)17)10-5-8-15-14-6-11-18-12-7-14;1-2;/h14-15H,3-12H2,1-2H3;1-2H3;1H. The molecule has 0 aromatic heterocycles. The molecule has 0 saturated carbocycles. The van der Waals surface area contributed by atoms with Gasteiger partial charge in [-0.2, -0.15) is 0 Å². The number of carbonyl (C=O) groups excluding carboxylic acids is 1. The van der Waals surface area contributed by atoms with E-state index >= 15 is 0 Å². The normalized spacial score (nSPS) is 15.4. The van der Waals surface area contributed by atoms with E-state index in [2.05, 4.69) is 12.2 Å². The molecule has 1 saturated heterocycles. The van der Waals surface area contributed by atoms with Crippen molar-refractivity contribution in [3.05, 3.63) is 0 Å². The van der Waals surface area contributed by atoms with E-state index in [-0.39, 0.29) is 7.33 Å². The van der Waals surface area contributed by atoms with Crippen molar-refractivity contribution in [1.82, 2.24) is 10.2 Å². The first kappa shape index (κ1) is 19.4. The Bertz CT molecular complexity index is 234. The van der Waals surface area contributed by atoms with E-state index in [1.54, 1.807) is 6.92 Å². The molecule has 1 fully saturated rings. The van der Waals surface area contributed by atoms with Gasteiger partial charge in [0.05, 0.1) is 0 Å². The van der Waals surface area contributed by atoms with Crippen molar-refractivity contribution in [3.63, 3.8) is 0 Å². The highest BCUT2D eigenvalue weighted by atomic mass is 16.5. The lowest BCUT2D eigenvalue weighted by Gasteiger charge is -2.24. The van der Waals surface area contributed by atoms with Crippen LogP contribution >= 0.6 is 0 Å². The topological polar surface area (TPSA) is 41.6 Å². The second-order valence-corrected chi connectivity index (χ2v) is 5.05. The Balaban J connectivity index is 0. The molecule has 1 heterocycles. The fourth-order valence-corrected chi connectivity index (χ4v) is 2.25. The maximum atomic E-state index is 11.4. The van der Waals surface area contributed by atoms with Gasteiger partial charge >= 0.3 is 0 Å². The SMILES string of the molecule is CC.CCCCN(CCCNC1CCOCC1)C(C)=O.[HH]. The van der Waals surface area contributed by atoms with Crippen molar-refractivity contribution < 1.29 is 11.0 Å². The van der Waals surface area contributed by atoms with E-state index in [0.29, 0.717) is 6.04 Å². The molecule has 1 aliphatic rings. The van der Waals surface area contributed by atoms with Crippen LogP contribution in [-0.4, -0.2) is 49.7 Å². The summed E-state index contributed by atoms with van der Waals surface area (Å²) < 4.78 is 5.33. The molecule has 1 amide bonds. The fourth-order valence-electron chi connectivity index (χ4n) is 2.25. The maximum absolute atomic E-state index is 11.4. The summed E-state index contributed by atoms with van der Waals surface area (Å²) in [7, 11) is 0. The molecule has 0 aromatic carbocycles. The lowest BCUT2D eigenvalue weighted by Crippen LogP contribution is -2.37. The van der Waals surface area contributed by atoms with Crippen LogP contribution < -0.4 is 5.32 Å². The van der Waals surface area contributed by atoms with Gasteiger partial charge in [0.1, 0.15) is 0 Å². The van der Waals surface area contributed by atoms with Crippen LogP contribution in [0.4, 0.5) is 0 Å². The Hall–Kier alpha value is -0.610. The Kier molecular flexibility index (Phi) is 13.0. The van der Waals surface area contributed by atoms with Crippen LogP contribution in [0.25, 0.3) is 0 Å². The van der Waals surface area contributed by atoms with Crippen LogP contribution in [0.1, 0.15) is 61.2 Å². The molecule has 1 aliphatic heterocycles. The van der Waals surface area contributed by atoms with Crippen LogP contribution in [0.3, 0.4) is 0 Å². The molecule has 0 atom stereocenters. The third kappa shape index (κ3) is 9.32. The van der Waals surface area contributed by atoms with Gasteiger partial charge in [0, 0.05) is 40.7 Å². The monoisotopic (exact) mass is 288 g/mol. The number of unbranched alkanes of at least 4 members (excludes halogenated alkanes) is 1. The number of amides is 1. The first-order valence-electron chi connectivity index (χ1n) is 8.30. The highest BCUT2D eigenvalue weighted by molar-refractivity contribution is 5.73. The van der Waals surface area contributed by atoms with Gasteiger partial charge in [0.25, 0.3) is 0 Å². The van der Waals surface area contributed by atoms with Crippen molar-refractivity contribution >= 4 is 5.91 Å². The van der Waals surface area contributed by atoms with Gasteiger partial charge in [-0.05, 0) is 32.2 Å². The second kappa shape index (κ2) is 13.4. The van der Waals surface area contributed by atoms with Crippen LogP contribution in [0.5, 0.6) is 0 Å². The maximum Gasteiger partial charge on any atom is 0.219 e. The minimum atomic E-state index is 0. The zero-order chi connectivity index (χ0) is 15.2. The van der Waals surface area contributed by atoms with Crippen LogP contribution in [-0.2, 0) is 9.53 Å². The van der Waals surface area contributed by atoms with Crippen molar-refractivity contribution in [2.24, 2.45) is 0 Å². The molecule has 0 bridgehead atoms. The lowest BCUT2D eigenvalue weighted by atomic mass is 10.1. The number of ether oxygens (including phenoxy) is 1. The van der Waals surface area contributed by atoms with Gasteiger partial charge in [-0.25, -0.2) is 0 Å². The molecule has 4 heteroatoms.